The lowest BCUT2D eigenvalue weighted by molar-refractivity contribution is 0.0508. The maximum atomic E-state index is 12.3. The number of thiophene rings is 1. The van der Waals surface area contributed by atoms with E-state index in [1.165, 1.54) is 11.3 Å². The van der Waals surface area contributed by atoms with Gasteiger partial charge in [-0.15, -0.1) is 11.3 Å². The lowest BCUT2D eigenvalue weighted by Gasteiger charge is -2.04. The van der Waals surface area contributed by atoms with Crippen molar-refractivity contribution in [3.05, 3.63) is 71.1 Å². The van der Waals surface area contributed by atoms with Gasteiger partial charge in [0.05, 0.1) is 11.0 Å². The molecule has 132 valence electrons. The van der Waals surface area contributed by atoms with Crippen LogP contribution in [-0.2, 0) is 4.74 Å². The van der Waals surface area contributed by atoms with Crippen molar-refractivity contribution in [2.45, 2.75) is 0 Å². The highest BCUT2D eigenvalue weighted by Gasteiger charge is 2.16. The molecular weight excluding hydrogens is 362 g/mol. The molecule has 0 spiro atoms. The van der Waals surface area contributed by atoms with E-state index in [0.29, 0.717) is 10.4 Å². The Bertz CT molecular complexity index is 1160. The van der Waals surface area contributed by atoms with E-state index in [4.69, 9.17) is 4.74 Å². The quantitative estimate of drug-likeness (QED) is 0.312. The third-order valence-electron chi connectivity index (χ3n) is 3.99. The highest BCUT2D eigenvalue weighted by atomic mass is 32.1. The van der Waals surface area contributed by atoms with Crippen molar-refractivity contribution in [2.75, 3.05) is 6.61 Å². The summed E-state index contributed by atoms with van der Waals surface area (Å²) in [7, 11) is 0. The number of hydrogen-bond acceptors (Lipinski definition) is 6. The summed E-state index contributed by atoms with van der Waals surface area (Å²) >= 11 is 1.31. The molecule has 0 fully saturated rings. The minimum Gasteiger partial charge on any atom is -0.507 e. The first-order chi connectivity index (χ1) is 13.2. The second-order valence-corrected chi connectivity index (χ2v) is 6.84. The topological polar surface area (TPSA) is 99.0 Å². The molecule has 0 aliphatic carbocycles. The van der Waals surface area contributed by atoms with E-state index in [9.17, 15) is 15.2 Å². The number of para-hydroxylation sites is 2. The molecule has 0 unspecified atom stereocenters. The van der Waals surface area contributed by atoms with E-state index in [2.05, 4.69) is 9.97 Å². The second-order valence-electron chi connectivity index (χ2n) is 5.76. The van der Waals surface area contributed by atoms with E-state index in [-0.39, 0.29) is 17.2 Å². The molecule has 2 heterocycles. The number of fused-ring (bicyclic) bond motifs is 2. The van der Waals surface area contributed by atoms with Crippen LogP contribution in [-0.4, -0.2) is 27.7 Å². The number of imidazole rings is 1. The lowest BCUT2D eigenvalue weighted by atomic mass is 10.2. The van der Waals surface area contributed by atoms with Gasteiger partial charge in [0.1, 0.15) is 23.1 Å². The molecular formula is C20H13N3O3S. The zero-order chi connectivity index (χ0) is 18.8. The lowest BCUT2D eigenvalue weighted by Crippen LogP contribution is -2.08. The molecule has 2 N–H and O–H groups in total. The maximum Gasteiger partial charge on any atom is 0.348 e. The number of nitriles is 1. The number of aromatic nitrogens is 2. The van der Waals surface area contributed by atoms with Crippen LogP contribution in [0.5, 0.6) is 0 Å². The van der Waals surface area contributed by atoms with Crippen molar-refractivity contribution in [3.63, 3.8) is 0 Å². The average molecular weight is 375 g/mol. The van der Waals surface area contributed by atoms with Gasteiger partial charge >= 0.3 is 5.97 Å². The summed E-state index contributed by atoms with van der Waals surface area (Å²) in [4.78, 5) is 20.0. The maximum absolute atomic E-state index is 12.3. The van der Waals surface area contributed by atoms with E-state index < -0.39 is 12.6 Å². The van der Waals surface area contributed by atoms with Crippen molar-refractivity contribution < 1.29 is 14.6 Å². The number of nitrogens with zero attached hydrogens (tertiary/aromatic N) is 2. The summed E-state index contributed by atoms with van der Waals surface area (Å²) < 4.78 is 6.14. The molecule has 0 atom stereocenters. The summed E-state index contributed by atoms with van der Waals surface area (Å²) in [6.45, 7) is -0.410. The van der Waals surface area contributed by atoms with Gasteiger partial charge in [-0.2, -0.15) is 5.26 Å². The Morgan fingerprint density at radius 3 is 2.78 bits per heavy atom. The van der Waals surface area contributed by atoms with Crippen LogP contribution >= 0.6 is 11.3 Å². The first kappa shape index (κ1) is 16.8. The fourth-order valence-electron chi connectivity index (χ4n) is 2.69. The Labute approximate surface area is 158 Å². The third-order valence-corrected chi connectivity index (χ3v) is 5.09. The minimum absolute atomic E-state index is 0.0599. The molecule has 2 aromatic heterocycles. The normalized spacial score (nSPS) is 12.0. The third kappa shape index (κ3) is 3.26. The molecule has 0 bridgehead atoms. The smallest absolute Gasteiger partial charge is 0.348 e. The molecule has 0 aliphatic heterocycles. The van der Waals surface area contributed by atoms with E-state index in [1.807, 2.05) is 48.5 Å². The van der Waals surface area contributed by atoms with Crippen LogP contribution in [0.1, 0.15) is 15.5 Å². The Morgan fingerprint density at radius 2 is 2.00 bits per heavy atom. The molecule has 6 nitrogen and oxygen atoms in total. The highest BCUT2D eigenvalue weighted by Crippen LogP contribution is 2.26. The standard InChI is InChI=1S/C20H13N3O3S/c21-10-13(19-22-14-6-2-3-7-15(14)23-19)16(24)11-26-20(25)18-9-12-5-1-4-8-17(12)27-18/h1-9,24H,11H2,(H,22,23)/b16-13-. The largest absolute Gasteiger partial charge is 0.507 e. The van der Waals surface area contributed by atoms with Gasteiger partial charge in [0.15, 0.2) is 11.6 Å². The fourth-order valence-corrected chi connectivity index (χ4v) is 3.64. The zero-order valence-electron chi connectivity index (χ0n) is 14.0. The summed E-state index contributed by atoms with van der Waals surface area (Å²) in [5, 5.41) is 20.6. The molecule has 0 amide bonds. The molecule has 0 aliphatic rings. The highest BCUT2D eigenvalue weighted by molar-refractivity contribution is 7.20. The molecule has 4 rings (SSSR count). The number of esters is 1. The van der Waals surface area contributed by atoms with Gasteiger partial charge in [0.25, 0.3) is 0 Å². The van der Waals surface area contributed by atoms with Gasteiger partial charge in [-0.1, -0.05) is 30.3 Å². The van der Waals surface area contributed by atoms with E-state index >= 15 is 0 Å². The molecule has 7 heteroatoms. The predicted octanol–water partition coefficient (Wildman–Crippen LogP) is 4.43. The van der Waals surface area contributed by atoms with Crippen molar-refractivity contribution in [3.8, 4) is 6.07 Å². The minimum atomic E-state index is -0.551. The first-order valence-corrected chi connectivity index (χ1v) is 8.90. The Kier molecular flexibility index (Phi) is 4.32. The number of benzene rings is 2. The van der Waals surface area contributed by atoms with E-state index in [0.717, 1.165) is 15.6 Å². The molecule has 27 heavy (non-hydrogen) atoms. The van der Waals surface area contributed by atoms with Crippen LogP contribution in [0.15, 0.2) is 60.4 Å². The van der Waals surface area contributed by atoms with Gasteiger partial charge in [0.2, 0.25) is 0 Å². The number of H-pyrrole nitrogens is 1. The molecule has 0 radical (unpaired) electrons. The van der Waals surface area contributed by atoms with Crippen LogP contribution in [0.25, 0.3) is 26.7 Å². The van der Waals surface area contributed by atoms with Gasteiger partial charge in [-0.25, -0.2) is 9.78 Å². The van der Waals surface area contributed by atoms with Crippen LogP contribution in [0.2, 0.25) is 0 Å². The van der Waals surface area contributed by atoms with Crippen molar-refractivity contribution in [1.29, 1.82) is 5.26 Å². The van der Waals surface area contributed by atoms with Gasteiger partial charge < -0.3 is 14.8 Å². The zero-order valence-corrected chi connectivity index (χ0v) is 14.8. The van der Waals surface area contributed by atoms with Crippen molar-refractivity contribution in [2.24, 2.45) is 0 Å². The van der Waals surface area contributed by atoms with Crippen LogP contribution in [0.3, 0.4) is 0 Å². The molecule has 4 aromatic rings. The Balaban J connectivity index is 1.54. The van der Waals surface area contributed by atoms with Crippen LogP contribution in [0, 0.1) is 11.3 Å². The van der Waals surface area contributed by atoms with Gasteiger partial charge in [-0.3, -0.25) is 0 Å². The van der Waals surface area contributed by atoms with E-state index in [1.54, 1.807) is 12.1 Å². The molecule has 2 aromatic carbocycles. The molecule has 0 saturated carbocycles. The Morgan fingerprint density at radius 1 is 1.22 bits per heavy atom. The van der Waals surface area contributed by atoms with Crippen LogP contribution in [0.4, 0.5) is 0 Å². The number of rotatable bonds is 4. The van der Waals surface area contributed by atoms with Crippen LogP contribution < -0.4 is 0 Å². The first-order valence-electron chi connectivity index (χ1n) is 8.09. The summed E-state index contributed by atoms with van der Waals surface area (Å²) in [6.07, 6.45) is 0. The Hall–Kier alpha value is -3.63. The fraction of sp³-hybridized carbons (Fsp3) is 0.0500. The van der Waals surface area contributed by atoms with Gasteiger partial charge in [0, 0.05) is 4.70 Å². The average Bonchev–Trinajstić information content (AvgIpc) is 3.30. The number of aliphatic hydroxyl groups is 1. The number of aliphatic hydroxyl groups excluding tert-OH is 1. The predicted molar refractivity (Wildman–Crippen MR) is 103 cm³/mol. The summed E-state index contributed by atoms with van der Waals surface area (Å²) in [6, 6.07) is 18.6. The second kappa shape index (κ2) is 6.94. The summed E-state index contributed by atoms with van der Waals surface area (Å²) in [5.74, 6) is -0.676. The number of carbonyl (C=O) groups excluding carboxylic acids is 1. The number of carbonyl (C=O) groups is 1. The van der Waals surface area contributed by atoms with Gasteiger partial charge in [-0.05, 0) is 29.7 Å². The number of ether oxygens (including phenoxy) is 1. The van der Waals surface area contributed by atoms with Crippen molar-refractivity contribution in [1.82, 2.24) is 9.97 Å². The monoisotopic (exact) mass is 375 g/mol. The van der Waals surface area contributed by atoms with Crippen molar-refractivity contribution >= 4 is 44.0 Å². The summed E-state index contributed by atoms with van der Waals surface area (Å²) in [5.41, 5.74) is 1.36. The number of aromatic amines is 1. The molecule has 0 saturated heterocycles. The SMILES string of the molecule is N#C/C(=C(/O)COC(=O)c1cc2ccccc2s1)c1nc2ccccc2[nH]1. The number of nitrogens with one attached hydrogen (secondary N) is 1. The number of hydrogen-bond donors (Lipinski definition) is 2. The number of allylic oxidation sites excluding steroid dienone is 1.